The quantitative estimate of drug-likeness (QED) is 0.660. The van der Waals surface area contributed by atoms with Crippen LogP contribution >= 0.6 is 11.6 Å². The molecule has 1 fully saturated rings. The first-order valence-electron chi connectivity index (χ1n) is 10.2. The van der Waals surface area contributed by atoms with E-state index >= 15 is 0 Å². The zero-order valence-corrected chi connectivity index (χ0v) is 16.7. The molecule has 1 N–H and O–H groups in total. The smallest absolute Gasteiger partial charge is 0.133 e. The molecule has 0 saturated carbocycles. The molecule has 3 aromatic rings. The number of hydrogen-bond donors (Lipinski definition) is 1. The van der Waals surface area contributed by atoms with Crippen LogP contribution in [-0.4, -0.2) is 27.8 Å². The van der Waals surface area contributed by atoms with Crippen molar-refractivity contribution in [3.05, 3.63) is 76.4 Å². The van der Waals surface area contributed by atoms with Crippen molar-refractivity contribution in [2.75, 3.05) is 18.4 Å². The molecule has 0 bridgehead atoms. The van der Waals surface area contributed by atoms with Gasteiger partial charge in [-0.15, -0.1) is 0 Å². The van der Waals surface area contributed by atoms with Gasteiger partial charge in [-0.05, 0) is 49.6 Å². The summed E-state index contributed by atoms with van der Waals surface area (Å²) in [6.45, 7) is 3.09. The number of anilines is 1. The molecule has 1 saturated heterocycles. The molecule has 0 amide bonds. The monoisotopic (exact) mass is 392 g/mol. The van der Waals surface area contributed by atoms with Gasteiger partial charge in [0.2, 0.25) is 0 Å². The van der Waals surface area contributed by atoms with Gasteiger partial charge in [-0.2, -0.15) is 5.10 Å². The largest absolute Gasteiger partial charge is 0.369 e. The first kappa shape index (κ1) is 17.8. The Balaban J connectivity index is 1.52. The Hall–Kier alpha value is -2.30. The van der Waals surface area contributed by atoms with E-state index in [0.717, 1.165) is 42.6 Å². The molecular formula is C23H25ClN4. The van der Waals surface area contributed by atoms with E-state index in [1.165, 1.54) is 36.1 Å². The number of halogens is 1. The molecule has 5 heteroatoms. The van der Waals surface area contributed by atoms with Crippen molar-refractivity contribution in [2.24, 2.45) is 0 Å². The average Bonchev–Trinajstić information content (AvgIpc) is 3.32. The standard InChI is InChI=1S/C23H25ClN4/c24-18-9-6-10-19(15-18)28-23-20(12-13-25-23)22(26-28)21-11-4-5-14-27(21)16-17-7-2-1-3-8-17/h1-3,6-10,15,21,25H,4-5,11-14,16H2. The summed E-state index contributed by atoms with van der Waals surface area (Å²) in [6, 6.07) is 19.1. The predicted molar refractivity (Wildman–Crippen MR) is 114 cm³/mol. The minimum Gasteiger partial charge on any atom is -0.369 e. The van der Waals surface area contributed by atoms with Gasteiger partial charge in [0.05, 0.1) is 17.4 Å². The van der Waals surface area contributed by atoms with Crippen LogP contribution in [0.2, 0.25) is 5.02 Å². The van der Waals surface area contributed by atoms with Crippen LogP contribution in [0.4, 0.5) is 5.82 Å². The summed E-state index contributed by atoms with van der Waals surface area (Å²) in [5.41, 5.74) is 5.02. The molecule has 3 heterocycles. The highest BCUT2D eigenvalue weighted by molar-refractivity contribution is 6.30. The molecule has 1 aromatic heterocycles. The van der Waals surface area contributed by atoms with Crippen LogP contribution in [0.3, 0.4) is 0 Å². The first-order valence-corrected chi connectivity index (χ1v) is 10.6. The summed E-state index contributed by atoms with van der Waals surface area (Å²) in [5.74, 6) is 1.14. The molecule has 144 valence electrons. The molecule has 4 nitrogen and oxygen atoms in total. The van der Waals surface area contributed by atoms with Crippen molar-refractivity contribution < 1.29 is 0 Å². The van der Waals surface area contributed by atoms with Gasteiger partial charge in [0.25, 0.3) is 0 Å². The van der Waals surface area contributed by atoms with E-state index in [9.17, 15) is 0 Å². The second-order valence-electron chi connectivity index (χ2n) is 7.75. The van der Waals surface area contributed by atoms with Crippen molar-refractivity contribution >= 4 is 17.4 Å². The van der Waals surface area contributed by atoms with E-state index in [2.05, 4.69) is 51.3 Å². The Labute approximate surface area is 171 Å². The highest BCUT2D eigenvalue weighted by atomic mass is 35.5. The van der Waals surface area contributed by atoms with Gasteiger partial charge in [-0.25, -0.2) is 4.68 Å². The molecular weight excluding hydrogens is 368 g/mol. The SMILES string of the molecule is Clc1cccc(-n2nc(C3CCCCN3Cc3ccccc3)c3c2NCC3)c1. The molecule has 2 aromatic carbocycles. The van der Waals surface area contributed by atoms with E-state index in [0.29, 0.717) is 6.04 Å². The third kappa shape index (κ3) is 3.31. The normalized spacial score (nSPS) is 19.4. The Kier molecular flexibility index (Phi) is 4.83. The summed E-state index contributed by atoms with van der Waals surface area (Å²) in [7, 11) is 0. The van der Waals surface area contributed by atoms with E-state index < -0.39 is 0 Å². The molecule has 1 atom stereocenters. The zero-order chi connectivity index (χ0) is 18.9. The predicted octanol–water partition coefficient (Wildman–Crippen LogP) is 5.22. The molecule has 5 rings (SSSR count). The lowest BCUT2D eigenvalue weighted by atomic mass is 9.95. The van der Waals surface area contributed by atoms with Crippen LogP contribution in [-0.2, 0) is 13.0 Å². The maximum Gasteiger partial charge on any atom is 0.133 e. The van der Waals surface area contributed by atoms with Crippen molar-refractivity contribution in [1.82, 2.24) is 14.7 Å². The molecule has 0 radical (unpaired) electrons. The van der Waals surface area contributed by atoms with Crippen molar-refractivity contribution in [2.45, 2.75) is 38.3 Å². The van der Waals surface area contributed by atoms with E-state index in [-0.39, 0.29) is 0 Å². The summed E-state index contributed by atoms with van der Waals surface area (Å²) >= 11 is 6.24. The number of aromatic nitrogens is 2. The van der Waals surface area contributed by atoms with Crippen LogP contribution in [0, 0.1) is 0 Å². The maximum atomic E-state index is 6.24. The first-order chi connectivity index (χ1) is 13.8. The minimum absolute atomic E-state index is 0.378. The lowest BCUT2D eigenvalue weighted by Crippen LogP contribution is -2.33. The molecule has 0 spiro atoms. The summed E-state index contributed by atoms with van der Waals surface area (Å²) in [4.78, 5) is 2.61. The Bertz CT molecular complexity index is 966. The van der Waals surface area contributed by atoms with E-state index in [4.69, 9.17) is 16.7 Å². The number of likely N-dealkylation sites (tertiary alicyclic amines) is 1. The van der Waals surface area contributed by atoms with Gasteiger partial charge < -0.3 is 5.32 Å². The Morgan fingerprint density at radius 1 is 1.07 bits per heavy atom. The van der Waals surface area contributed by atoms with Crippen molar-refractivity contribution in [3.8, 4) is 5.69 Å². The fourth-order valence-electron chi connectivity index (χ4n) is 4.57. The van der Waals surface area contributed by atoms with Crippen molar-refractivity contribution in [3.63, 3.8) is 0 Å². The molecule has 28 heavy (non-hydrogen) atoms. The van der Waals surface area contributed by atoms with Crippen LogP contribution < -0.4 is 5.32 Å². The van der Waals surface area contributed by atoms with Crippen LogP contribution in [0.25, 0.3) is 5.69 Å². The summed E-state index contributed by atoms with van der Waals surface area (Å²) in [6.07, 6.45) is 4.74. The fourth-order valence-corrected chi connectivity index (χ4v) is 4.76. The zero-order valence-electron chi connectivity index (χ0n) is 15.9. The molecule has 2 aliphatic rings. The van der Waals surface area contributed by atoms with Crippen LogP contribution in [0.15, 0.2) is 54.6 Å². The number of fused-ring (bicyclic) bond motifs is 1. The number of benzene rings is 2. The van der Waals surface area contributed by atoms with Gasteiger partial charge in [0, 0.05) is 23.7 Å². The maximum absolute atomic E-state index is 6.24. The van der Waals surface area contributed by atoms with Gasteiger partial charge in [0.15, 0.2) is 0 Å². The second kappa shape index (κ2) is 7.61. The molecule has 2 aliphatic heterocycles. The van der Waals surface area contributed by atoms with Crippen LogP contribution in [0.5, 0.6) is 0 Å². The topological polar surface area (TPSA) is 33.1 Å². The van der Waals surface area contributed by atoms with Crippen molar-refractivity contribution in [1.29, 1.82) is 0 Å². The lowest BCUT2D eigenvalue weighted by Gasteiger charge is -2.35. The number of nitrogens with zero attached hydrogens (tertiary/aromatic N) is 3. The number of rotatable bonds is 4. The third-order valence-corrected chi connectivity index (χ3v) is 6.13. The highest BCUT2D eigenvalue weighted by Gasteiger charge is 2.32. The van der Waals surface area contributed by atoms with Crippen LogP contribution in [0.1, 0.15) is 42.1 Å². The number of piperidine rings is 1. The summed E-state index contributed by atoms with van der Waals surface area (Å²) < 4.78 is 2.05. The minimum atomic E-state index is 0.378. The number of nitrogens with one attached hydrogen (secondary N) is 1. The lowest BCUT2D eigenvalue weighted by molar-refractivity contribution is 0.136. The van der Waals surface area contributed by atoms with E-state index in [1.807, 2.05) is 18.2 Å². The average molecular weight is 393 g/mol. The fraction of sp³-hybridized carbons (Fsp3) is 0.348. The van der Waals surface area contributed by atoms with Gasteiger partial charge in [-0.3, -0.25) is 4.90 Å². The highest BCUT2D eigenvalue weighted by Crippen LogP contribution is 2.38. The van der Waals surface area contributed by atoms with Gasteiger partial charge in [-0.1, -0.05) is 54.4 Å². The summed E-state index contributed by atoms with van der Waals surface area (Å²) in [5, 5.41) is 9.40. The Morgan fingerprint density at radius 3 is 2.82 bits per heavy atom. The van der Waals surface area contributed by atoms with Gasteiger partial charge in [0.1, 0.15) is 5.82 Å². The molecule has 0 aliphatic carbocycles. The van der Waals surface area contributed by atoms with Gasteiger partial charge >= 0.3 is 0 Å². The Morgan fingerprint density at radius 2 is 1.96 bits per heavy atom. The third-order valence-electron chi connectivity index (χ3n) is 5.89. The number of hydrogen-bond acceptors (Lipinski definition) is 3. The second-order valence-corrected chi connectivity index (χ2v) is 8.18. The van der Waals surface area contributed by atoms with E-state index in [1.54, 1.807) is 0 Å². The molecule has 1 unspecified atom stereocenters.